The number of aromatic nitrogens is 2. The summed E-state index contributed by atoms with van der Waals surface area (Å²) in [5.74, 6) is 1.68. The zero-order valence-corrected chi connectivity index (χ0v) is 7.25. The van der Waals surface area contributed by atoms with Gasteiger partial charge in [0.05, 0.1) is 5.69 Å². The fourth-order valence-electron chi connectivity index (χ4n) is 1.23. The monoisotopic (exact) mass is 163 g/mol. The lowest BCUT2D eigenvalue weighted by Crippen LogP contribution is -2.08. The minimum Gasteiger partial charge on any atom is -0.314 e. The molecule has 0 aliphatic heterocycles. The first-order chi connectivity index (χ1) is 5.90. The van der Waals surface area contributed by atoms with E-state index in [0.29, 0.717) is 5.92 Å². The van der Waals surface area contributed by atoms with Gasteiger partial charge in [-0.1, -0.05) is 0 Å². The summed E-state index contributed by atoms with van der Waals surface area (Å²) in [6.07, 6.45) is 4.39. The molecule has 64 valence electrons. The molecule has 0 radical (unpaired) electrons. The molecule has 3 nitrogen and oxygen atoms in total. The van der Waals surface area contributed by atoms with Gasteiger partial charge in [0.1, 0.15) is 5.82 Å². The maximum absolute atomic E-state index is 4.45. The molecule has 1 aromatic rings. The molecule has 0 spiro atoms. The highest BCUT2D eigenvalue weighted by Gasteiger charge is 2.26. The van der Waals surface area contributed by atoms with Crippen LogP contribution < -0.4 is 5.32 Å². The molecule has 0 unspecified atom stereocenters. The van der Waals surface area contributed by atoms with E-state index in [1.807, 2.05) is 19.3 Å². The number of nitrogens with one attached hydrogen (secondary N) is 1. The molecule has 0 amide bonds. The van der Waals surface area contributed by atoms with Crippen molar-refractivity contribution in [3.63, 3.8) is 0 Å². The molecule has 1 N–H and O–H groups in total. The average molecular weight is 163 g/mol. The first-order valence-corrected chi connectivity index (χ1v) is 4.36. The van der Waals surface area contributed by atoms with Crippen LogP contribution in [0.4, 0.5) is 0 Å². The summed E-state index contributed by atoms with van der Waals surface area (Å²) in [4.78, 5) is 8.70. The Morgan fingerprint density at radius 1 is 1.58 bits per heavy atom. The Hall–Kier alpha value is -0.960. The minimum absolute atomic E-state index is 0.654. The van der Waals surface area contributed by atoms with Gasteiger partial charge in [0, 0.05) is 18.7 Å². The molecule has 0 bridgehead atoms. The SMILES string of the molecule is CNCc1ccnc(C2CC2)n1. The van der Waals surface area contributed by atoms with Crippen LogP contribution in [0.1, 0.15) is 30.3 Å². The van der Waals surface area contributed by atoms with Crippen molar-refractivity contribution >= 4 is 0 Å². The topological polar surface area (TPSA) is 37.8 Å². The van der Waals surface area contributed by atoms with Crippen LogP contribution in [0.2, 0.25) is 0 Å². The van der Waals surface area contributed by atoms with Gasteiger partial charge in [0.2, 0.25) is 0 Å². The predicted octanol–water partition coefficient (Wildman–Crippen LogP) is 1.07. The second kappa shape index (κ2) is 3.19. The molecule has 1 aliphatic rings. The lowest BCUT2D eigenvalue weighted by atomic mass is 10.3. The van der Waals surface area contributed by atoms with Crippen molar-refractivity contribution in [3.05, 3.63) is 23.8 Å². The summed E-state index contributed by atoms with van der Waals surface area (Å²) in [5.41, 5.74) is 1.09. The minimum atomic E-state index is 0.654. The van der Waals surface area contributed by atoms with Crippen LogP contribution in [0.25, 0.3) is 0 Å². The van der Waals surface area contributed by atoms with Crippen molar-refractivity contribution in [3.8, 4) is 0 Å². The van der Waals surface area contributed by atoms with Crippen LogP contribution in [0, 0.1) is 0 Å². The summed E-state index contributed by atoms with van der Waals surface area (Å²) < 4.78 is 0. The average Bonchev–Trinajstić information content (AvgIpc) is 2.88. The summed E-state index contributed by atoms with van der Waals surface area (Å²) in [5, 5.41) is 3.08. The largest absolute Gasteiger partial charge is 0.314 e. The summed E-state index contributed by atoms with van der Waals surface area (Å²) in [7, 11) is 1.93. The van der Waals surface area contributed by atoms with Gasteiger partial charge in [-0.3, -0.25) is 0 Å². The maximum Gasteiger partial charge on any atom is 0.131 e. The lowest BCUT2D eigenvalue weighted by Gasteiger charge is -2.00. The third kappa shape index (κ3) is 1.61. The van der Waals surface area contributed by atoms with Gasteiger partial charge in [-0.2, -0.15) is 0 Å². The Balaban J connectivity index is 2.15. The lowest BCUT2D eigenvalue weighted by molar-refractivity contribution is 0.767. The Morgan fingerprint density at radius 3 is 3.08 bits per heavy atom. The Bertz CT molecular complexity index is 268. The summed E-state index contributed by atoms with van der Waals surface area (Å²) >= 11 is 0. The number of rotatable bonds is 3. The molecule has 3 heteroatoms. The first-order valence-electron chi connectivity index (χ1n) is 4.36. The molecule has 1 aliphatic carbocycles. The van der Waals surface area contributed by atoms with Gasteiger partial charge in [-0.15, -0.1) is 0 Å². The standard InChI is InChI=1S/C9H13N3/c1-10-6-8-4-5-11-9(12-8)7-2-3-7/h4-5,7,10H,2-3,6H2,1H3. The number of hydrogen-bond acceptors (Lipinski definition) is 3. The van der Waals surface area contributed by atoms with Crippen LogP contribution in [0.5, 0.6) is 0 Å². The summed E-state index contributed by atoms with van der Waals surface area (Å²) in [6.45, 7) is 0.836. The highest BCUT2D eigenvalue weighted by molar-refractivity contribution is 5.09. The van der Waals surface area contributed by atoms with Crippen molar-refractivity contribution in [2.24, 2.45) is 0 Å². The van der Waals surface area contributed by atoms with E-state index in [-0.39, 0.29) is 0 Å². The Morgan fingerprint density at radius 2 is 2.42 bits per heavy atom. The number of nitrogens with zero attached hydrogens (tertiary/aromatic N) is 2. The molecule has 0 saturated heterocycles. The van der Waals surface area contributed by atoms with E-state index in [2.05, 4.69) is 15.3 Å². The number of hydrogen-bond donors (Lipinski definition) is 1. The van der Waals surface area contributed by atoms with Gasteiger partial charge >= 0.3 is 0 Å². The predicted molar refractivity (Wildman–Crippen MR) is 46.8 cm³/mol. The maximum atomic E-state index is 4.45. The quantitative estimate of drug-likeness (QED) is 0.724. The molecular weight excluding hydrogens is 150 g/mol. The molecule has 1 aromatic heterocycles. The first kappa shape index (κ1) is 7.68. The van der Waals surface area contributed by atoms with Crippen molar-refractivity contribution in [2.45, 2.75) is 25.3 Å². The Kier molecular flexibility index (Phi) is 2.04. The second-order valence-corrected chi connectivity index (χ2v) is 3.21. The van der Waals surface area contributed by atoms with E-state index in [1.54, 1.807) is 0 Å². The van der Waals surface area contributed by atoms with Crippen molar-refractivity contribution in [1.82, 2.24) is 15.3 Å². The van der Waals surface area contributed by atoms with Crippen LogP contribution >= 0.6 is 0 Å². The van der Waals surface area contributed by atoms with Gasteiger partial charge in [0.15, 0.2) is 0 Å². The van der Waals surface area contributed by atoms with Gasteiger partial charge in [0.25, 0.3) is 0 Å². The molecule has 1 fully saturated rings. The highest BCUT2D eigenvalue weighted by Crippen LogP contribution is 2.37. The third-order valence-corrected chi connectivity index (χ3v) is 2.03. The van der Waals surface area contributed by atoms with Crippen LogP contribution in [0.15, 0.2) is 12.3 Å². The molecule has 0 atom stereocenters. The van der Waals surface area contributed by atoms with E-state index < -0.39 is 0 Å². The van der Waals surface area contributed by atoms with Crippen molar-refractivity contribution in [2.75, 3.05) is 7.05 Å². The third-order valence-electron chi connectivity index (χ3n) is 2.03. The normalized spacial score (nSPS) is 16.4. The molecule has 1 saturated carbocycles. The zero-order valence-electron chi connectivity index (χ0n) is 7.25. The fraction of sp³-hybridized carbons (Fsp3) is 0.556. The van der Waals surface area contributed by atoms with Crippen molar-refractivity contribution < 1.29 is 0 Å². The molecule has 0 aromatic carbocycles. The van der Waals surface area contributed by atoms with E-state index in [9.17, 15) is 0 Å². The van der Waals surface area contributed by atoms with Gasteiger partial charge in [-0.05, 0) is 26.0 Å². The second-order valence-electron chi connectivity index (χ2n) is 3.21. The van der Waals surface area contributed by atoms with Crippen LogP contribution in [-0.2, 0) is 6.54 Å². The van der Waals surface area contributed by atoms with Crippen LogP contribution in [-0.4, -0.2) is 17.0 Å². The molecule has 12 heavy (non-hydrogen) atoms. The van der Waals surface area contributed by atoms with Gasteiger partial charge < -0.3 is 5.32 Å². The summed E-state index contributed by atoms with van der Waals surface area (Å²) in [6, 6.07) is 1.96. The Labute approximate surface area is 72.2 Å². The molecule has 1 heterocycles. The zero-order chi connectivity index (χ0) is 8.39. The van der Waals surface area contributed by atoms with E-state index in [0.717, 1.165) is 18.1 Å². The smallest absolute Gasteiger partial charge is 0.131 e. The van der Waals surface area contributed by atoms with Crippen molar-refractivity contribution in [1.29, 1.82) is 0 Å². The van der Waals surface area contributed by atoms with Gasteiger partial charge in [-0.25, -0.2) is 9.97 Å². The van der Waals surface area contributed by atoms with E-state index >= 15 is 0 Å². The van der Waals surface area contributed by atoms with Crippen LogP contribution in [0.3, 0.4) is 0 Å². The van der Waals surface area contributed by atoms with E-state index in [4.69, 9.17) is 0 Å². The molecular formula is C9H13N3. The molecule has 2 rings (SSSR count). The highest BCUT2D eigenvalue weighted by atomic mass is 14.9. The fourth-order valence-corrected chi connectivity index (χ4v) is 1.23. The van der Waals surface area contributed by atoms with E-state index in [1.165, 1.54) is 12.8 Å².